The van der Waals surface area contributed by atoms with Gasteiger partial charge in [-0.1, -0.05) is 17.7 Å². The Hall–Kier alpha value is -1.41. The fraction of sp³-hybridized carbons (Fsp3) is 0.471. The number of halogens is 1. The van der Waals surface area contributed by atoms with Crippen LogP contribution >= 0.6 is 11.6 Å². The van der Waals surface area contributed by atoms with Gasteiger partial charge in [0.25, 0.3) is 0 Å². The minimum Gasteiger partial charge on any atom is -0.441 e. The summed E-state index contributed by atoms with van der Waals surface area (Å²) in [6, 6.07) is 7.17. The van der Waals surface area contributed by atoms with Gasteiger partial charge in [0.15, 0.2) is 9.84 Å². The first kappa shape index (κ1) is 18.4. The Balaban J connectivity index is 1.81. The van der Waals surface area contributed by atoms with Gasteiger partial charge in [-0.25, -0.2) is 13.4 Å². The molecule has 0 amide bonds. The maximum Gasteiger partial charge on any atom is 0.226 e. The molecule has 1 fully saturated rings. The van der Waals surface area contributed by atoms with Crippen LogP contribution in [-0.2, 0) is 16.4 Å². The van der Waals surface area contributed by atoms with Gasteiger partial charge >= 0.3 is 0 Å². The third-order valence-electron chi connectivity index (χ3n) is 4.43. The number of aromatic nitrogens is 1. The van der Waals surface area contributed by atoms with Crippen LogP contribution in [0.1, 0.15) is 17.9 Å². The number of aryl methyl sites for hydroxylation is 1. The molecule has 136 valence electrons. The minimum absolute atomic E-state index is 0.0331. The average molecular weight is 385 g/mol. The zero-order valence-electron chi connectivity index (χ0n) is 14.0. The zero-order chi connectivity index (χ0) is 18.0. The Bertz CT molecular complexity index is 850. The first-order valence-corrected chi connectivity index (χ1v) is 10.4. The summed E-state index contributed by atoms with van der Waals surface area (Å²) < 4.78 is 29.3. The molecule has 0 unspecified atom stereocenters. The molecular weight excluding hydrogens is 364 g/mol. The molecule has 25 heavy (non-hydrogen) atoms. The number of hydrogen-bond acceptors (Lipinski definition) is 6. The van der Waals surface area contributed by atoms with E-state index in [9.17, 15) is 13.5 Å². The summed E-state index contributed by atoms with van der Waals surface area (Å²) in [7, 11) is -2.99. The molecule has 0 bridgehead atoms. The lowest BCUT2D eigenvalue weighted by Crippen LogP contribution is -2.38. The first-order chi connectivity index (χ1) is 11.9. The third-order valence-corrected chi connectivity index (χ3v) is 6.41. The van der Waals surface area contributed by atoms with Crippen molar-refractivity contribution in [3.8, 4) is 11.5 Å². The number of oxazole rings is 1. The number of benzene rings is 1. The van der Waals surface area contributed by atoms with Crippen molar-refractivity contribution in [2.45, 2.75) is 25.9 Å². The van der Waals surface area contributed by atoms with Crippen LogP contribution in [0.5, 0.6) is 0 Å². The number of sulfone groups is 1. The van der Waals surface area contributed by atoms with Gasteiger partial charge in [0.05, 0.1) is 23.8 Å². The van der Waals surface area contributed by atoms with Crippen molar-refractivity contribution in [3.05, 3.63) is 40.7 Å². The number of hydrogen-bond donors (Lipinski definition) is 1. The molecule has 1 aromatic carbocycles. The summed E-state index contributed by atoms with van der Waals surface area (Å²) in [5, 5.41) is 9.94. The molecule has 1 saturated heterocycles. The average Bonchev–Trinajstić information content (AvgIpc) is 3.10. The van der Waals surface area contributed by atoms with Crippen molar-refractivity contribution in [2.24, 2.45) is 0 Å². The van der Waals surface area contributed by atoms with E-state index in [1.54, 1.807) is 12.1 Å². The normalized spacial score (nSPS) is 19.6. The van der Waals surface area contributed by atoms with Crippen LogP contribution in [-0.4, -0.2) is 54.1 Å². The summed E-state index contributed by atoms with van der Waals surface area (Å²) in [6.45, 7) is 2.64. The van der Waals surface area contributed by atoms with E-state index in [0.29, 0.717) is 36.2 Å². The fourth-order valence-corrected chi connectivity index (χ4v) is 5.05. The first-order valence-electron chi connectivity index (χ1n) is 8.15. The van der Waals surface area contributed by atoms with Crippen molar-refractivity contribution in [1.29, 1.82) is 0 Å². The van der Waals surface area contributed by atoms with Crippen molar-refractivity contribution in [3.63, 3.8) is 0 Å². The smallest absolute Gasteiger partial charge is 0.226 e. The maximum atomic E-state index is 11.8. The number of rotatable bonds is 6. The van der Waals surface area contributed by atoms with Gasteiger partial charge in [-0.15, -0.1) is 0 Å². The van der Waals surface area contributed by atoms with Crippen molar-refractivity contribution in [1.82, 2.24) is 9.88 Å². The Morgan fingerprint density at radius 2 is 2.24 bits per heavy atom. The summed E-state index contributed by atoms with van der Waals surface area (Å²) in [5.74, 6) is 1.49. The van der Waals surface area contributed by atoms with Crippen LogP contribution in [0.2, 0.25) is 5.02 Å². The van der Waals surface area contributed by atoms with Crippen molar-refractivity contribution >= 4 is 21.4 Å². The fourth-order valence-electron chi connectivity index (χ4n) is 3.09. The van der Waals surface area contributed by atoms with Gasteiger partial charge in [0, 0.05) is 29.7 Å². The van der Waals surface area contributed by atoms with Crippen LogP contribution in [0.4, 0.5) is 0 Å². The molecule has 1 aliphatic rings. The van der Waals surface area contributed by atoms with E-state index in [2.05, 4.69) is 4.98 Å². The van der Waals surface area contributed by atoms with E-state index in [1.807, 2.05) is 24.0 Å². The van der Waals surface area contributed by atoms with Gasteiger partial charge in [0.2, 0.25) is 5.89 Å². The Morgan fingerprint density at radius 1 is 1.44 bits per heavy atom. The topological polar surface area (TPSA) is 83.6 Å². The molecule has 6 nitrogen and oxygen atoms in total. The Kier molecular flexibility index (Phi) is 5.48. The highest BCUT2D eigenvalue weighted by Crippen LogP contribution is 2.26. The van der Waals surface area contributed by atoms with Gasteiger partial charge in [0.1, 0.15) is 5.76 Å². The molecule has 2 aromatic rings. The lowest BCUT2D eigenvalue weighted by atomic mass is 10.2. The second-order valence-electron chi connectivity index (χ2n) is 6.28. The highest BCUT2D eigenvalue weighted by atomic mass is 35.5. The van der Waals surface area contributed by atoms with E-state index < -0.39 is 9.84 Å². The van der Waals surface area contributed by atoms with Gasteiger partial charge < -0.3 is 9.52 Å². The number of aliphatic hydroxyl groups excluding tert-OH is 1. The molecule has 2 heterocycles. The molecule has 1 aliphatic heterocycles. The molecule has 3 rings (SSSR count). The predicted octanol–water partition coefficient (Wildman–Crippen LogP) is 2.28. The number of nitrogens with zero attached hydrogens (tertiary/aromatic N) is 2. The quantitative estimate of drug-likeness (QED) is 0.822. The van der Waals surface area contributed by atoms with Crippen molar-refractivity contribution < 1.29 is 17.9 Å². The molecule has 1 N–H and O–H groups in total. The minimum atomic E-state index is -2.99. The monoisotopic (exact) mass is 384 g/mol. The highest BCUT2D eigenvalue weighted by Gasteiger charge is 2.32. The summed E-state index contributed by atoms with van der Waals surface area (Å²) in [4.78, 5) is 6.52. The molecule has 1 atom stereocenters. The molecule has 0 spiro atoms. The molecule has 0 radical (unpaired) electrons. The predicted molar refractivity (Wildman–Crippen MR) is 96.2 cm³/mol. The van der Waals surface area contributed by atoms with Crippen LogP contribution in [0.15, 0.2) is 28.7 Å². The lowest BCUT2D eigenvalue weighted by Gasteiger charge is -2.26. The molecular formula is C17H21ClN2O4S. The second-order valence-corrected chi connectivity index (χ2v) is 8.95. The van der Waals surface area contributed by atoms with Crippen LogP contribution in [0, 0.1) is 6.92 Å². The maximum absolute atomic E-state index is 11.8. The van der Waals surface area contributed by atoms with Crippen LogP contribution in [0.25, 0.3) is 11.5 Å². The highest BCUT2D eigenvalue weighted by molar-refractivity contribution is 7.91. The summed E-state index contributed by atoms with van der Waals surface area (Å²) in [5.41, 5.74) is 1.53. The Morgan fingerprint density at radius 3 is 2.88 bits per heavy atom. The Labute approximate surface area is 152 Å². The van der Waals surface area contributed by atoms with Gasteiger partial charge in [-0.05, 0) is 31.5 Å². The number of aliphatic hydroxyl groups is 1. The van der Waals surface area contributed by atoms with E-state index >= 15 is 0 Å². The van der Waals surface area contributed by atoms with Crippen LogP contribution < -0.4 is 0 Å². The molecule has 0 saturated carbocycles. The molecule has 0 aliphatic carbocycles. The lowest BCUT2D eigenvalue weighted by molar-refractivity contribution is 0.152. The van der Waals surface area contributed by atoms with Gasteiger partial charge in [-0.3, -0.25) is 4.90 Å². The van der Waals surface area contributed by atoms with E-state index in [1.165, 1.54) is 0 Å². The summed E-state index contributed by atoms with van der Waals surface area (Å²) in [6.07, 6.45) is 0.584. The SMILES string of the molecule is Cc1oc(-c2cccc(Cl)c2)nc1CN(CCO)[C@H]1CCS(=O)(=O)C1. The van der Waals surface area contributed by atoms with E-state index in [0.717, 1.165) is 11.3 Å². The van der Waals surface area contributed by atoms with Crippen molar-refractivity contribution in [2.75, 3.05) is 24.7 Å². The standard InChI is InChI=1S/C17H21ClN2O4S/c1-12-16(19-17(24-12)13-3-2-4-14(18)9-13)10-20(6-7-21)15-5-8-25(22,23)11-15/h2-4,9,15,21H,5-8,10-11H2,1H3/t15-/m0/s1. The van der Waals surface area contributed by atoms with Crippen LogP contribution in [0.3, 0.4) is 0 Å². The second kappa shape index (κ2) is 7.45. The molecule has 8 heteroatoms. The third kappa shape index (κ3) is 4.41. The van der Waals surface area contributed by atoms with E-state index in [4.69, 9.17) is 16.0 Å². The summed E-state index contributed by atoms with van der Waals surface area (Å²) >= 11 is 6.02. The largest absolute Gasteiger partial charge is 0.441 e. The van der Waals surface area contributed by atoms with Gasteiger partial charge in [-0.2, -0.15) is 0 Å². The van der Waals surface area contributed by atoms with E-state index in [-0.39, 0.29) is 24.2 Å². The molecule has 1 aromatic heterocycles. The zero-order valence-corrected chi connectivity index (χ0v) is 15.6.